The van der Waals surface area contributed by atoms with Gasteiger partial charge in [0.1, 0.15) is 0 Å². The Morgan fingerprint density at radius 2 is 0.838 bits per heavy atom. The average molecular weight is 1370 g/mol. The molecule has 0 aliphatic carbocycles. The van der Waals surface area contributed by atoms with Crippen molar-refractivity contribution in [2.75, 3.05) is 59.9 Å². The third-order valence-corrected chi connectivity index (χ3v) is 16.8. The van der Waals surface area contributed by atoms with Gasteiger partial charge in [-0.05, 0) is 134 Å². The van der Waals surface area contributed by atoms with Gasteiger partial charge >= 0.3 is 168 Å². The summed E-state index contributed by atoms with van der Waals surface area (Å²) in [7, 11) is 21.0. The summed E-state index contributed by atoms with van der Waals surface area (Å²) >= 11 is -2.41. The molecule has 0 spiro atoms. The fraction of sp³-hybridized carbons (Fsp3) is 0.375. The number of benzene rings is 6. The van der Waals surface area contributed by atoms with Crippen LogP contribution in [0.5, 0.6) is 11.5 Å². The van der Waals surface area contributed by atoms with Crippen LogP contribution < -0.4 is 19.6 Å². The first kappa shape index (κ1) is 68.7. The number of anilines is 4. The minimum absolute atomic E-state index is 0.102. The number of aliphatic hydroxyl groups is 2. The van der Waals surface area contributed by atoms with Crippen molar-refractivity contribution in [2.45, 2.75) is 128 Å². The van der Waals surface area contributed by atoms with Crippen LogP contribution in [0.15, 0.2) is 95.9 Å². The Labute approximate surface area is 511 Å². The number of aryl methyl sites for hydroxylation is 12. The SMILES string of the molecule is CC(C)[OH+]c1ccc(S(=O)(=O)N(C)C)cc1[CH]=[Ru]([Cl])[Cl].Cc1cc(C)c(N2[CH-]N(c3c(C)cc(C)cc3C)CC2)c(C)c1.Cc1cc(C)c(N2[CH-]N(c3c(C)cc(C)cc3C)CC2)c(C)c1.[CH2-]c1ccccc1[OH+]C(C)C.[Cl][Ru-][Cl]. The second-order valence-corrected chi connectivity index (χ2v) is 31.9. The zero-order valence-corrected chi connectivity index (χ0v) is 57.5. The Bertz CT molecular complexity index is 2840. The second-order valence-electron chi connectivity index (χ2n) is 21.4. The molecule has 0 radical (unpaired) electrons. The van der Waals surface area contributed by atoms with Gasteiger partial charge in [-0.2, -0.15) is 26.3 Å². The Balaban J connectivity index is 0.000000232. The molecule has 16 heteroatoms. The number of para-hydroxylation sites is 1. The third kappa shape index (κ3) is 19.6. The number of halogens is 4. The van der Waals surface area contributed by atoms with Crippen LogP contribution in [0.1, 0.15) is 106 Å². The van der Waals surface area contributed by atoms with E-state index in [9.17, 15) is 8.42 Å². The van der Waals surface area contributed by atoms with Gasteiger partial charge in [-0.3, -0.25) is 0 Å². The fourth-order valence-electron chi connectivity index (χ4n) is 10.6. The zero-order chi connectivity index (χ0) is 59.9. The first-order chi connectivity index (χ1) is 37.5. The molecular weight excluding hydrogens is 1280 g/mol. The summed E-state index contributed by atoms with van der Waals surface area (Å²) in [5.41, 5.74) is 23.3. The number of hydrogen-bond acceptors (Lipinski definition) is 6. The molecule has 80 heavy (non-hydrogen) atoms. The number of aromatic hydroxyl groups is 2. The summed E-state index contributed by atoms with van der Waals surface area (Å²) in [4.78, 5) is 9.83. The third-order valence-electron chi connectivity index (χ3n) is 13.2. The summed E-state index contributed by atoms with van der Waals surface area (Å²) in [6.45, 7) is 47.0. The molecule has 0 bridgehead atoms. The van der Waals surface area contributed by atoms with Crippen molar-refractivity contribution >= 4 is 76.1 Å². The molecule has 2 saturated heterocycles. The minimum atomic E-state index is -3.48. The first-order valence-electron chi connectivity index (χ1n) is 26.6. The topological polar surface area (TPSA) is 75.9 Å². The fourth-order valence-corrected chi connectivity index (χ4v) is 13.3. The van der Waals surface area contributed by atoms with Gasteiger partial charge in [0.2, 0.25) is 0 Å². The maximum absolute atomic E-state index is 12.1. The normalized spacial score (nSPS) is 13.3. The van der Waals surface area contributed by atoms with Crippen molar-refractivity contribution in [1.82, 2.24) is 4.31 Å². The molecule has 0 aromatic heterocycles. The molecule has 2 heterocycles. The molecule has 2 aliphatic rings. The van der Waals surface area contributed by atoms with Crippen LogP contribution in [0, 0.1) is 103 Å². The zero-order valence-electron chi connectivity index (χ0n) is 50.2. The quantitative estimate of drug-likeness (QED) is 0.0731. The Morgan fingerprint density at radius 1 is 0.537 bits per heavy atom. The second kappa shape index (κ2) is 31.7. The van der Waals surface area contributed by atoms with E-state index in [-0.39, 0.29) is 26.1 Å². The summed E-state index contributed by atoms with van der Waals surface area (Å²) in [6.07, 6.45) is 0.447. The maximum atomic E-state index is 12.1. The van der Waals surface area contributed by atoms with E-state index >= 15 is 0 Å². The molecular formula is C64H86Cl4N5O4Ru2S-2. The van der Waals surface area contributed by atoms with Gasteiger partial charge in [-0.25, -0.2) is 0 Å². The van der Waals surface area contributed by atoms with Crippen LogP contribution in [0.2, 0.25) is 0 Å². The molecule has 2 N–H and O–H groups in total. The van der Waals surface area contributed by atoms with Crippen LogP contribution in [0.25, 0.3) is 0 Å². The molecule has 0 unspecified atom stereocenters. The van der Waals surface area contributed by atoms with Crippen LogP contribution in [-0.2, 0) is 38.7 Å². The predicted molar refractivity (Wildman–Crippen MR) is 341 cm³/mol. The standard InChI is InChI=1S/2C21H27N2.C12H17NO3S.C10H13O.4ClH.2Ru/c2*1-14-9-16(3)20(17(4)10-14)22-7-8-23(13-22)21-18(5)11-15(2)12-19(21)6;1-9(2)16-12-7-6-11(8-10(12)3)17(14,15)13(4)5;1-8(2)11-10-7-5-4-6-9(10)3;;;;;;/h2*9-13H,7-8H2,1-6H3;3,6-9H,1-2,4-5H3;4-8H,3H2,1-2H3;4*1H;;/q2*-1;;-1;;;;;+1;+2/p-2. The van der Waals surface area contributed by atoms with Crippen molar-refractivity contribution in [3.8, 4) is 11.5 Å². The van der Waals surface area contributed by atoms with Gasteiger partial charge in [0.05, 0.1) is 0 Å². The number of rotatable bonds is 11. The molecule has 2 aliphatic heterocycles. The van der Waals surface area contributed by atoms with E-state index in [4.69, 9.17) is 38.8 Å². The van der Waals surface area contributed by atoms with Gasteiger partial charge in [0.15, 0.2) is 11.9 Å². The van der Waals surface area contributed by atoms with Gasteiger partial charge in [0.25, 0.3) is 0 Å². The van der Waals surface area contributed by atoms with Crippen LogP contribution in [0.4, 0.5) is 22.7 Å². The van der Waals surface area contributed by atoms with Gasteiger partial charge in [-0.1, -0.05) is 76.9 Å². The molecule has 8 rings (SSSR count). The summed E-state index contributed by atoms with van der Waals surface area (Å²) in [6, 6.07) is 31.0. The summed E-state index contributed by atoms with van der Waals surface area (Å²) < 4.78 is 36.0. The van der Waals surface area contributed by atoms with Crippen LogP contribution >= 0.6 is 38.8 Å². The van der Waals surface area contributed by atoms with Crippen LogP contribution in [-0.4, -0.2) is 79.3 Å². The number of nitrogens with zero attached hydrogens (tertiary/aromatic N) is 5. The van der Waals surface area contributed by atoms with Crippen molar-refractivity contribution in [2.24, 2.45) is 0 Å². The Hall–Kier alpha value is -3.82. The molecule has 2 fully saturated rings. The molecule has 0 atom stereocenters. The molecule has 6 aromatic carbocycles. The Kier molecular flexibility index (Phi) is 27.2. The van der Waals surface area contributed by atoms with E-state index in [0.29, 0.717) is 17.4 Å². The van der Waals surface area contributed by atoms with Crippen molar-refractivity contribution in [1.29, 1.82) is 0 Å². The van der Waals surface area contributed by atoms with Crippen molar-refractivity contribution in [3.63, 3.8) is 0 Å². The Morgan fingerprint density at radius 3 is 1.11 bits per heavy atom. The van der Waals surface area contributed by atoms with E-state index in [1.807, 2.05) is 38.1 Å². The molecule has 9 nitrogen and oxygen atoms in total. The molecule has 443 valence electrons. The van der Waals surface area contributed by atoms with Crippen LogP contribution in [0.3, 0.4) is 0 Å². The number of ether oxygens (including phenoxy) is 2. The molecule has 0 saturated carbocycles. The van der Waals surface area contributed by atoms with Gasteiger partial charge in [0, 0.05) is 62.8 Å². The summed E-state index contributed by atoms with van der Waals surface area (Å²) in [5.74, 6) is 1.71. The number of hydrogen-bond donors (Lipinski definition) is 0. The molecule has 0 amide bonds. The van der Waals surface area contributed by atoms with E-state index < -0.39 is 23.5 Å². The monoisotopic (exact) mass is 1360 g/mol. The first-order valence-corrected chi connectivity index (χ1v) is 38.0. The van der Waals surface area contributed by atoms with Crippen molar-refractivity contribution < 1.29 is 46.6 Å². The van der Waals surface area contributed by atoms with Gasteiger partial charge in [-0.15, -0.1) is 11.6 Å². The summed E-state index contributed by atoms with van der Waals surface area (Å²) in [5, 5.41) is 0. The van der Waals surface area contributed by atoms with E-state index in [2.05, 4.69) is 195 Å². The number of sulfonamides is 1. The van der Waals surface area contributed by atoms with Gasteiger partial charge < -0.3 is 24.3 Å². The van der Waals surface area contributed by atoms with Crippen molar-refractivity contribution in [3.05, 3.63) is 189 Å². The average Bonchev–Trinajstić information content (AvgIpc) is 4.02. The molecule has 6 aromatic rings. The predicted octanol–water partition coefficient (Wildman–Crippen LogP) is 16.5. The van der Waals surface area contributed by atoms with E-state index in [0.717, 1.165) is 37.5 Å². The van der Waals surface area contributed by atoms with E-state index in [1.54, 1.807) is 22.8 Å². The van der Waals surface area contributed by atoms with E-state index in [1.165, 1.54) is 108 Å².